The van der Waals surface area contributed by atoms with Crippen LogP contribution in [-0.2, 0) is 16.6 Å². The van der Waals surface area contributed by atoms with Gasteiger partial charge in [0.25, 0.3) is 0 Å². The van der Waals surface area contributed by atoms with E-state index in [4.69, 9.17) is 10.2 Å². The minimum Gasteiger partial charge on any atom is -0.332 e. The van der Waals surface area contributed by atoms with Gasteiger partial charge in [-0.15, -0.1) is 11.3 Å². The summed E-state index contributed by atoms with van der Waals surface area (Å²) in [4.78, 5) is 19.3. The van der Waals surface area contributed by atoms with Crippen LogP contribution in [0.1, 0.15) is 17.5 Å². The molecule has 0 unspecified atom stereocenters. The number of carbonyl (C=O) groups excluding carboxylic acids is 1. The Morgan fingerprint density at radius 2 is 1.88 bits per heavy atom. The Morgan fingerprint density at radius 1 is 1.20 bits per heavy atom. The Morgan fingerprint density at radius 3 is 2.56 bits per heavy atom. The fourth-order valence-electron chi connectivity index (χ4n) is 3.00. The maximum Gasteiger partial charge on any atom is 0.233 e. The van der Waals surface area contributed by atoms with E-state index < -0.39 is 5.41 Å². The molecule has 1 heterocycles. The average molecular weight is 349 g/mol. The molecular weight excluding hydrogens is 330 g/mol. The Kier molecular flexibility index (Phi) is 4.82. The predicted molar refractivity (Wildman–Crippen MR) is 100 cm³/mol. The molecule has 3 rings (SSSR count). The number of carbonyl (C=O) groups is 1. The van der Waals surface area contributed by atoms with E-state index in [0.717, 1.165) is 20.8 Å². The molecule has 3 aromatic rings. The van der Waals surface area contributed by atoms with Crippen LogP contribution < -0.4 is 0 Å². The van der Waals surface area contributed by atoms with E-state index in [1.165, 1.54) is 4.90 Å². The lowest BCUT2D eigenvalue weighted by molar-refractivity contribution is -0.135. The molecule has 0 saturated heterocycles. The number of aromatic nitrogens is 1. The zero-order valence-corrected chi connectivity index (χ0v) is 15.1. The highest BCUT2D eigenvalue weighted by molar-refractivity contribution is 7.18. The Balaban J connectivity index is 2.02. The lowest BCUT2D eigenvalue weighted by Crippen LogP contribution is -2.45. The van der Waals surface area contributed by atoms with Gasteiger partial charge < -0.3 is 4.90 Å². The molecule has 25 heavy (non-hydrogen) atoms. The highest BCUT2D eigenvalue weighted by Gasteiger charge is 2.38. The summed E-state index contributed by atoms with van der Waals surface area (Å²) in [5.41, 5.74) is 1.13. The number of fused-ring (bicyclic) bond motifs is 1. The van der Waals surface area contributed by atoms with Crippen molar-refractivity contribution in [2.24, 2.45) is 0 Å². The van der Waals surface area contributed by atoms with Crippen molar-refractivity contribution in [2.75, 3.05) is 13.6 Å². The van der Waals surface area contributed by atoms with Gasteiger partial charge >= 0.3 is 0 Å². The van der Waals surface area contributed by atoms with Gasteiger partial charge in [0.2, 0.25) is 5.91 Å². The third-order valence-electron chi connectivity index (χ3n) is 4.38. The minimum atomic E-state index is -0.763. The van der Waals surface area contributed by atoms with Crippen LogP contribution in [0.3, 0.4) is 0 Å². The molecule has 2 aromatic carbocycles. The number of thiazole rings is 1. The summed E-state index contributed by atoms with van der Waals surface area (Å²) in [6.45, 7) is 2.01. The van der Waals surface area contributed by atoms with Gasteiger partial charge in [-0.3, -0.25) is 4.79 Å². The normalized spacial score (nSPS) is 13.2. The number of amides is 1. The van der Waals surface area contributed by atoms with E-state index >= 15 is 0 Å². The zero-order chi connectivity index (χ0) is 17.9. The van der Waals surface area contributed by atoms with Crippen LogP contribution in [0, 0.1) is 11.3 Å². The SMILES string of the molecule is CN(CC#N)C(=O)[C@](C)(Cc1nc2ccccc2s1)c1ccccc1. The van der Waals surface area contributed by atoms with Crippen molar-refractivity contribution in [2.45, 2.75) is 18.8 Å². The molecule has 4 nitrogen and oxygen atoms in total. The second-order valence-electron chi connectivity index (χ2n) is 6.27. The molecule has 0 N–H and O–H groups in total. The van der Waals surface area contributed by atoms with Crippen molar-refractivity contribution in [3.05, 3.63) is 65.2 Å². The van der Waals surface area contributed by atoms with Crippen molar-refractivity contribution in [1.29, 1.82) is 5.26 Å². The molecule has 1 amide bonds. The van der Waals surface area contributed by atoms with E-state index in [9.17, 15) is 4.79 Å². The van der Waals surface area contributed by atoms with Crippen LogP contribution in [0.4, 0.5) is 0 Å². The number of nitriles is 1. The summed E-state index contributed by atoms with van der Waals surface area (Å²) in [5, 5.41) is 9.88. The third-order valence-corrected chi connectivity index (χ3v) is 5.42. The van der Waals surface area contributed by atoms with Gasteiger partial charge in [0.15, 0.2) is 0 Å². The Labute approximate surface area is 151 Å². The molecule has 0 bridgehead atoms. The number of hydrogen-bond donors (Lipinski definition) is 0. The topological polar surface area (TPSA) is 57.0 Å². The van der Waals surface area contributed by atoms with Crippen LogP contribution in [0.5, 0.6) is 0 Å². The van der Waals surface area contributed by atoms with Gasteiger partial charge in [0.1, 0.15) is 6.54 Å². The standard InChI is InChI=1S/C20H19N3OS/c1-20(15-8-4-3-5-9-15,19(24)23(2)13-12-21)14-18-22-16-10-6-7-11-17(16)25-18/h3-11H,13-14H2,1-2H3/t20-/m1/s1. The number of para-hydroxylation sites is 1. The van der Waals surface area contributed by atoms with Crippen molar-refractivity contribution >= 4 is 27.5 Å². The summed E-state index contributed by atoms with van der Waals surface area (Å²) < 4.78 is 1.12. The highest BCUT2D eigenvalue weighted by Crippen LogP contribution is 2.33. The number of likely N-dealkylation sites (N-methyl/N-ethyl adjacent to an activating group) is 1. The van der Waals surface area contributed by atoms with Gasteiger partial charge in [-0.2, -0.15) is 5.26 Å². The quantitative estimate of drug-likeness (QED) is 0.659. The molecule has 0 saturated carbocycles. The highest BCUT2D eigenvalue weighted by atomic mass is 32.1. The van der Waals surface area contributed by atoms with Crippen LogP contribution in [0.2, 0.25) is 0 Å². The number of hydrogen-bond acceptors (Lipinski definition) is 4. The lowest BCUT2D eigenvalue weighted by atomic mass is 9.78. The molecule has 0 aliphatic rings. The number of benzene rings is 2. The first-order valence-corrected chi connectivity index (χ1v) is 8.89. The zero-order valence-electron chi connectivity index (χ0n) is 14.3. The van der Waals surface area contributed by atoms with E-state index in [1.54, 1.807) is 18.4 Å². The number of nitrogens with zero attached hydrogens (tertiary/aromatic N) is 3. The van der Waals surface area contributed by atoms with Crippen molar-refractivity contribution in [3.8, 4) is 6.07 Å². The fraction of sp³-hybridized carbons (Fsp3) is 0.250. The van der Waals surface area contributed by atoms with E-state index in [0.29, 0.717) is 6.42 Å². The first-order chi connectivity index (χ1) is 12.0. The second kappa shape index (κ2) is 7.04. The summed E-state index contributed by atoms with van der Waals surface area (Å²) in [6.07, 6.45) is 0.505. The summed E-state index contributed by atoms with van der Waals surface area (Å²) >= 11 is 1.61. The van der Waals surface area contributed by atoms with Crippen LogP contribution in [-0.4, -0.2) is 29.4 Å². The van der Waals surface area contributed by atoms with Crippen molar-refractivity contribution in [1.82, 2.24) is 9.88 Å². The van der Waals surface area contributed by atoms with Crippen molar-refractivity contribution < 1.29 is 4.79 Å². The van der Waals surface area contributed by atoms with Crippen molar-refractivity contribution in [3.63, 3.8) is 0 Å². The monoisotopic (exact) mass is 349 g/mol. The molecule has 0 aliphatic carbocycles. The largest absolute Gasteiger partial charge is 0.332 e. The fourth-order valence-corrected chi connectivity index (χ4v) is 4.13. The van der Waals surface area contributed by atoms with E-state index in [1.807, 2.05) is 67.6 Å². The first kappa shape index (κ1) is 17.1. The second-order valence-corrected chi connectivity index (χ2v) is 7.38. The van der Waals surface area contributed by atoms with Crippen LogP contribution >= 0.6 is 11.3 Å². The molecule has 126 valence electrons. The molecule has 5 heteroatoms. The van der Waals surface area contributed by atoms with Gasteiger partial charge in [0.05, 0.1) is 26.7 Å². The third kappa shape index (κ3) is 3.40. The summed E-state index contributed by atoms with van der Waals surface area (Å²) in [5.74, 6) is -0.0699. The molecular formula is C20H19N3OS. The first-order valence-electron chi connectivity index (χ1n) is 8.07. The van der Waals surface area contributed by atoms with Gasteiger partial charge in [-0.1, -0.05) is 42.5 Å². The maximum absolute atomic E-state index is 13.1. The molecule has 0 aliphatic heterocycles. The molecule has 0 radical (unpaired) electrons. The Hall–Kier alpha value is -2.71. The van der Waals surface area contributed by atoms with Gasteiger partial charge in [-0.25, -0.2) is 4.98 Å². The van der Waals surface area contributed by atoms with Crippen LogP contribution in [0.15, 0.2) is 54.6 Å². The molecule has 1 aromatic heterocycles. The summed E-state index contributed by atoms with van der Waals surface area (Å²) in [6, 6.07) is 19.8. The van der Waals surface area contributed by atoms with Gasteiger partial charge in [0, 0.05) is 13.5 Å². The summed E-state index contributed by atoms with van der Waals surface area (Å²) in [7, 11) is 1.67. The van der Waals surface area contributed by atoms with Gasteiger partial charge in [-0.05, 0) is 24.6 Å². The van der Waals surface area contributed by atoms with E-state index in [-0.39, 0.29) is 12.5 Å². The minimum absolute atomic E-state index is 0.0699. The van der Waals surface area contributed by atoms with Crippen LogP contribution in [0.25, 0.3) is 10.2 Å². The lowest BCUT2D eigenvalue weighted by Gasteiger charge is -2.31. The number of rotatable bonds is 5. The Bertz CT molecular complexity index is 896. The maximum atomic E-state index is 13.1. The smallest absolute Gasteiger partial charge is 0.233 e. The van der Waals surface area contributed by atoms with E-state index in [2.05, 4.69) is 0 Å². The molecule has 1 atom stereocenters. The average Bonchev–Trinajstić information content (AvgIpc) is 3.04. The molecule has 0 fully saturated rings. The molecule has 0 spiro atoms. The predicted octanol–water partition coefficient (Wildman–Crippen LogP) is 3.78.